The molecule has 1 aliphatic rings. The highest BCUT2D eigenvalue weighted by Gasteiger charge is 2.26. The minimum Gasteiger partial charge on any atom is -0.486 e. The molecular formula is C12H15Cl2NO2. The maximum absolute atomic E-state index is 9.38. The van der Waals surface area contributed by atoms with Gasteiger partial charge in [0.2, 0.25) is 0 Å². The van der Waals surface area contributed by atoms with Crippen molar-refractivity contribution >= 4 is 23.2 Å². The molecule has 0 bridgehead atoms. The fourth-order valence-corrected chi connectivity index (χ4v) is 2.35. The fourth-order valence-electron chi connectivity index (χ4n) is 2.01. The van der Waals surface area contributed by atoms with Gasteiger partial charge in [-0.25, -0.2) is 0 Å². The van der Waals surface area contributed by atoms with Gasteiger partial charge in [-0.05, 0) is 25.1 Å². The molecule has 0 aliphatic carbocycles. The van der Waals surface area contributed by atoms with E-state index in [2.05, 4.69) is 5.32 Å². The molecule has 94 valence electrons. The smallest absolute Gasteiger partial charge is 0.139 e. The van der Waals surface area contributed by atoms with Gasteiger partial charge in [0.05, 0.1) is 11.6 Å². The zero-order chi connectivity index (χ0) is 12.3. The van der Waals surface area contributed by atoms with E-state index < -0.39 is 0 Å². The van der Waals surface area contributed by atoms with Crippen LogP contribution in [0.5, 0.6) is 5.75 Å². The Morgan fingerprint density at radius 2 is 2.29 bits per heavy atom. The van der Waals surface area contributed by atoms with Crippen LogP contribution in [0.3, 0.4) is 0 Å². The number of nitrogens with one attached hydrogen (secondary N) is 1. The van der Waals surface area contributed by atoms with Crippen LogP contribution in [0.2, 0.25) is 10.0 Å². The van der Waals surface area contributed by atoms with Gasteiger partial charge >= 0.3 is 0 Å². The van der Waals surface area contributed by atoms with Crippen molar-refractivity contribution in [1.82, 2.24) is 5.32 Å². The number of benzene rings is 1. The number of halogens is 2. The van der Waals surface area contributed by atoms with Crippen molar-refractivity contribution in [1.29, 1.82) is 0 Å². The quantitative estimate of drug-likeness (QED) is 0.887. The molecule has 0 spiro atoms. The van der Waals surface area contributed by atoms with E-state index in [1.165, 1.54) is 0 Å². The molecule has 2 N–H and O–H groups in total. The van der Waals surface area contributed by atoms with E-state index in [1.807, 2.05) is 0 Å². The van der Waals surface area contributed by atoms with Gasteiger partial charge in [0.1, 0.15) is 16.9 Å². The molecule has 0 saturated carbocycles. The van der Waals surface area contributed by atoms with Gasteiger partial charge in [-0.2, -0.15) is 0 Å². The Morgan fingerprint density at radius 3 is 2.94 bits per heavy atom. The molecular weight excluding hydrogens is 261 g/mol. The Bertz CT molecular complexity index is 381. The minimum atomic E-state index is -0.235. The van der Waals surface area contributed by atoms with Crippen LogP contribution in [0.15, 0.2) is 18.2 Å². The molecule has 2 rings (SSSR count). The number of hydrogen-bond donors (Lipinski definition) is 2. The second kappa shape index (κ2) is 5.91. The number of aliphatic hydroxyl groups excluding tert-OH is 1. The zero-order valence-electron chi connectivity index (χ0n) is 9.33. The van der Waals surface area contributed by atoms with Gasteiger partial charge in [-0.15, -0.1) is 0 Å². The highest BCUT2D eigenvalue weighted by Crippen LogP contribution is 2.33. The molecule has 0 unspecified atom stereocenters. The standard InChI is InChI=1S/C12H15Cl2NO2/c13-9-2-1-3-10(12(9)14)17-11(7-16)8-4-5-15-6-8/h1-3,8,11,15-16H,4-7H2/t8-,11-/m0/s1. The first-order valence-corrected chi connectivity index (χ1v) is 6.40. The van der Waals surface area contributed by atoms with Crippen LogP contribution in [0.1, 0.15) is 6.42 Å². The summed E-state index contributed by atoms with van der Waals surface area (Å²) in [7, 11) is 0. The number of ether oxygens (including phenoxy) is 1. The average Bonchev–Trinajstić information content (AvgIpc) is 2.85. The molecule has 0 radical (unpaired) electrons. The second-order valence-electron chi connectivity index (χ2n) is 4.14. The van der Waals surface area contributed by atoms with Crippen molar-refractivity contribution in [3.05, 3.63) is 28.2 Å². The van der Waals surface area contributed by atoms with Crippen LogP contribution in [-0.4, -0.2) is 30.9 Å². The van der Waals surface area contributed by atoms with Crippen LogP contribution in [0.25, 0.3) is 0 Å². The summed E-state index contributed by atoms with van der Waals surface area (Å²) in [5.74, 6) is 0.847. The molecule has 1 fully saturated rings. The molecule has 1 aliphatic heterocycles. The maximum atomic E-state index is 9.38. The third kappa shape index (κ3) is 3.05. The Morgan fingerprint density at radius 1 is 1.47 bits per heavy atom. The van der Waals surface area contributed by atoms with E-state index in [0.29, 0.717) is 21.7 Å². The van der Waals surface area contributed by atoms with E-state index in [4.69, 9.17) is 27.9 Å². The lowest BCUT2D eigenvalue weighted by atomic mass is 10.0. The second-order valence-corrected chi connectivity index (χ2v) is 4.93. The van der Waals surface area contributed by atoms with Gasteiger partial charge < -0.3 is 15.2 Å². The zero-order valence-corrected chi connectivity index (χ0v) is 10.8. The first-order valence-electron chi connectivity index (χ1n) is 5.64. The Hall–Kier alpha value is -0.480. The van der Waals surface area contributed by atoms with Gasteiger partial charge in [-0.3, -0.25) is 0 Å². The molecule has 17 heavy (non-hydrogen) atoms. The van der Waals surface area contributed by atoms with Gasteiger partial charge in [0, 0.05) is 12.5 Å². The molecule has 1 saturated heterocycles. The van der Waals surface area contributed by atoms with Crippen LogP contribution in [0, 0.1) is 5.92 Å². The molecule has 1 heterocycles. The van der Waals surface area contributed by atoms with Gasteiger partial charge in [0.15, 0.2) is 0 Å². The van der Waals surface area contributed by atoms with E-state index >= 15 is 0 Å². The lowest BCUT2D eigenvalue weighted by molar-refractivity contribution is 0.0743. The van der Waals surface area contributed by atoms with Crippen molar-refractivity contribution < 1.29 is 9.84 Å². The van der Waals surface area contributed by atoms with Crippen LogP contribution < -0.4 is 10.1 Å². The normalized spacial score (nSPS) is 21.5. The summed E-state index contributed by atoms with van der Waals surface area (Å²) in [5.41, 5.74) is 0. The van der Waals surface area contributed by atoms with Crippen LogP contribution in [-0.2, 0) is 0 Å². The average molecular weight is 276 g/mol. The highest BCUT2D eigenvalue weighted by molar-refractivity contribution is 6.42. The van der Waals surface area contributed by atoms with Gasteiger partial charge in [-0.1, -0.05) is 29.3 Å². The van der Waals surface area contributed by atoms with E-state index in [9.17, 15) is 5.11 Å². The minimum absolute atomic E-state index is 0.0187. The summed E-state index contributed by atoms with van der Waals surface area (Å²) in [4.78, 5) is 0. The van der Waals surface area contributed by atoms with E-state index in [-0.39, 0.29) is 12.7 Å². The first kappa shape index (κ1) is 13.0. The van der Waals surface area contributed by atoms with E-state index in [1.54, 1.807) is 18.2 Å². The summed E-state index contributed by atoms with van der Waals surface area (Å²) in [5, 5.41) is 13.5. The highest BCUT2D eigenvalue weighted by atomic mass is 35.5. The lowest BCUT2D eigenvalue weighted by Gasteiger charge is -2.23. The monoisotopic (exact) mass is 275 g/mol. The van der Waals surface area contributed by atoms with E-state index in [0.717, 1.165) is 19.5 Å². The summed E-state index contributed by atoms with van der Waals surface area (Å²) >= 11 is 12.0. The Kier molecular flexibility index (Phi) is 4.51. The number of rotatable bonds is 4. The third-order valence-electron chi connectivity index (χ3n) is 3.00. The predicted octanol–water partition coefficient (Wildman–Crippen LogP) is 2.34. The van der Waals surface area contributed by atoms with Crippen LogP contribution in [0.4, 0.5) is 0 Å². The molecule has 5 heteroatoms. The molecule has 3 nitrogen and oxygen atoms in total. The number of aliphatic hydroxyl groups is 1. The molecule has 2 atom stereocenters. The molecule has 1 aromatic rings. The topological polar surface area (TPSA) is 41.5 Å². The van der Waals surface area contributed by atoms with Crippen molar-refractivity contribution in [2.24, 2.45) is 5.92 Å². The third-order valence-corrected chi connectivity index (χ3v) is 3.80. The molecule has 1 aromatic carbocycles. The SMILES string of the molecule is OC[C@H](Oc1cccc(Cl)c1Cl)[C@H]1CCNC1. The largest absolute Gasteiger partial charge is 0.486 e. The summed E-state index contributed by atoms with van der Waals surface area (Å²) in [6.45, 7) is 1.81. The van der Waals surface area contributed by atoms with Crippen molar-refractivity contribution in [2.75, 3.05) is 19.7 Å². The predicted molar refractivity (Wildman–Crippen MR) is 68.9 cm³/mol. The Labute approximate surface area is 111 Å². The summed E-state index contributed by atoms with van der Waals surface area (Å²) < 4.78 is 5.75. The van der Waals surface area contributed by atoms with Crippen molar-refractivity contribution in [2.45, 2.75) is 12.5 Å². The number of hydrogen-bond acceptors (Lipinski definition) is 3. The maximum Gasteiger partial charge on any atom is 0.139 e. The fraction of sp³-hybridized carbons (Fsp3) is 0.500. The Balaban J connectivity index is 2.09. The molecule has 0 aromatic heterocycles. The lowest BCUT2D eigenvalue weighted by Crippen LogP contribution is -2.32. The van der Waals surface area contributed by atoms with Crippen molar-refractivity contribution in [3.8, 4) is 5.75 Å². The summed E-state index contributed by atoms with van der Waals surface area (Å²) in [6.07, 6.45) is 0.768. The van der Waals surface area contributed by atoms with Crippen molar-refractivity contribution in [3.63, 3.8) is 0 Å². The van der Waals surface area contributed by atoms with Gasteiger partial charge in [0.25, 0.3) is 0 Å². The first-order chi connectivity index (χ1) is 8.22. The molecule has 0 amide bonds. The van der Waals surface area contributed by atoms with Crippen LogP contribution >= 0.6 is 23.2 Å². The summed E-state index contributed by atoms with van der Waals surface area (Å²) in [6, 6.07) is 5.26.